The van der Waals surface area contributed by atoms with Gasteiger partial charge in [-0.15, -0.1) is 0 Å². The average molecular weight is 510 g/mol. The van der Waals surface area contributed by atoms with Crippen LogP contribution in [0.15, 0.2) is 59.7 Å². The molecule has 0 bridgehead atoms. The van der Waals surface area contributed by atoms with E-state index in [0.29, 0.717) is 6.54 Å². The summed E-state index contributed by atoms with van der Waals surface area (Å²) in [6, 6.07) is 8.81. The fraction of sp³-hybridized carbons (Fsp3) is 0.308. The topological polar surface area (TPSA) is 40.6 Å². The van der Waals surface area contributed by atoms with Gasteiger partial charge in [-0.2, -0.15) is 26.3 Å². The Morgan fingerprint density at radius 1 is 0.861 bits per heavy atom. The van der Waals surface area contributed by atoms with Crippen LogP contribution in [0.1, 0.15) is 28.7 Å². The third-order valence-electron chi connectivity index (χ3n) is 5.54. The Morgan fingerprint density at radius 3 is 1.69 bits per heavy atom. The molecule has 0 spiro atoms. The fourth-order valence-electron chi connectivity index (χ4n) is 3.71. The molecular formula is C26H24F6N2O2. The highest BCUT2D eigenvalue weighted by Crippen LogP contribution is 2.32. The van der Waals surface area contributed by atoms with Crippen LogP contribution in [0.5, 0.6) is 0 Å². The Kier molecular flexibility index (Phi) is 8.08. The molecule has 0 unspecified atom stereocenters. The van der Waals surface area contributed by atoms with E-state index in [9.17, 15) is 35.9 Å². The summed E-state index contributed by atoms with van der Waals surface area (Å²) in [5.74, 6) is -0.831. The van der Waals surface area contributed by atoms with Gasteiger partial charge in [0.1, 0.15) is 0 Å². The second kappa shape index (κ2) is 10.7. The summed E-state index contributed by atoms with van der Waals surface area (Å²) in [5, 5.41) is 0. The molecule has 36 heavy (non-hydrogen) atoms. The lowest BCUT2D eigenvalue weighted by Gasteiger charge is -2.30. The van der Waals surface area contributed by atoms with Gasteiger partial charge in [0, 0.05) is 37.2 Å². The van der Waals surface area contributed by atoms with Crippen molar-refractivity contribution in [2.75, 3.05) is 33.7 Å². The van der Waals surface area contributed by atoms with E-state index < -0.39 is 29.3 Å². The zero-order valence-corrected chi connectivity index (χ0v) is 19.6. The Balaban J connectivity index is 2.01. The maximum Gasteiger partial charge on any atom is 0.416 e. The van der Waals surface area contributed by atoms with Gasteiger partial charge in [-0.05, 0) is 61.6 Å². The standard InChI is InChI=1S/C26H24F6N2O2/c1-33(2)10-9-23(35)34-15-19(11-17-5-3-7-21(13-17)25(27,28)29)24(36)20(16-34)12-18-6-4-8-22(14-18)26(30,31)32/h3-8,11-14H,9-10,15-16H2,1-2H3/b19-11+,20-12+. The Bertz CT molecular complexity index is 1120. The molecule has 0 aliphatic carbocycles. The molecule has 4 nitrogen and oxygen atoms in total. The van der Waals surface area contributed by atoms with E-state index in [4.69, 9.17) is 0 Å². The van der Waals surface area contributed by atoms with E-state index in [-0.39, 0.29) is 47.7 Å². The maximum atomic E-state index is 13.2. The molecule has 0 N–H and O–H groups in total. The first kappa shape index (κ1) is 27.2. The van der Waals surface area contributed by atoms with E-state index in [0.717, 1.165) is 24.3 Å². The number of Topliss-reactive ketones (excluding diaryl/α,β-unsaturated/α-hetero) is 1. The highest BCUT2D eigenvalue weighted by molar-refractivity contribution is 6.15. The van der Waals surface area contributed by atoms with Crippen LogP contribution < -0.4 is 0 Å². The summed E-state index contributed by atoms with van der Waals surface area (Å²) in [6.45, 7) is 0.186. The number of halogens is 6. The van der Waals surface area contributed by atoms with Gasteiger partial charge in [0.15, 0.2) is 5.78 Å². The highest BCUT2D eigenvalue weighted by Gasteiger charge is 2.32. The SMILES string of the molecule is CN(C)CCC(=O)N1C/C(=C\c2cccc(C(F)(F)F)c2)C(=O)/C(=C/c2cccc(C(F)(F)F)c2)C1. The lowest BCUT2D eigenvalue weighted by molar-refractivity contribution is -0.138. The van der Waals surface area contributed by atoms with E-state index in [1.807, 2.05) is 0 Å². The maximum absolute atomic E-state index is 13.2. The predicted molar refractivity (Wildman–Crippen MR) is 124 cm³/mol. The summed E-state index contributed by atoms with van der Waals surface area (Å²) in [7, 11) is 3.57. The minimum absolute atomic E-state index is 0.0667. The predicted octanol–water partition coefficient (Wildman–Crippen LogP) is 5.55. The summed E-state index contributed by atoms with van der Waals surface area (Å²) >= 11 is 0. The van der Waals surface area contributed by atoms with E-state index >= 15 is 0 Å². The van der Waals surface area contributed by atoms with Crippen LogP contribution in [0.25, 0.3) is 12.2 Å². The van der Waals surface area contributed by atoms with Crippen LogP contribution in [0.3, 0.4) is 0 Å². The number of hydrogen-bond donors (Lipinski definition) is 0. The van der Waals surface area contributed by atoms with Gasteiger partial charge < -0.3 is 9.80 Å². The third-order valence-corrected chi connectivity index (χ3v) is 5.54. The lowest BCUT2D eigenvalue weighted by Crippen LogP contribution is -2.42. The number of hydrogen-bond acceptors (Lipinski definition) is 3. The lowest BCUT2D eigenvalue weighted by atomic mass is 9.93. The number of carbonyl (C=O) groups is 2. The van der Waals surface area contributed by atoms with Crippen LogP contribution in [-0.2, 0) is 21.9 Å². The number of benzene rings is 2. The van der Waals surface area contributed by atoms with Crippen molar-refractivity contribution in [1.29, 1.82) is 0 Å². The first-order valence-corrected chi connectivity index (χ1v) is 11.0. The minimum Gasteiger partial charge on any atom is -0.334 e. The first-order chi connectivity index (χ1) is 16.7. The zero-order valence-electron chi connectivity index (χ0n) is 19.6. The Labute approximate surface area is 204 Å². The molecule has 1 fully saturated rings. The van der Waals surface area contributed by atoms with Crippen molar-refractivity contribution in [2.24, 2.45) is 0 Å². The van der Waals surface area contributed by atoms with E-state index in [2.05, 4.69) is 0 Å². The van der Waals surface area contributed by atoms with Gasteiger partial charge in [0.05, 0.1) is 11.1 Å². The number of carbonyl (C=O) groups excluding carboxylic acids is 2. The molecule has 1 heterocycles. The normalized spacial score (nSPS) is 17.4. The minimum atomic E-state index is -4.58. The number of alkyl halides is 6. The van der Waals surface area contributed by atoms with E-state index in [1.54, 1.807) is 19.0 Å². The Hall–Kier alpha value is -3.40. The summed E-state index contributed by atoms with van der Waals surface area (Å²) < 4.78 is 78.8. The van der Waals surface area contributed by atoms with Gasteiger partial charge in [-0.25, -0.2) is 0 Å². The zero-order chi connectivity index (χ0) is 26.7. The second-order valence-electron chi connectivity index (χ2n) is 8.72. The molecule has 0 radical (unpaired) electrons. The van der Waals surface area contributed by atoms with Crippen molar-refractivity contribution in [3.63, 3.8) is 0 Å². The number of likely N-dealkylation sites (tertiary alicyclic amines) is 1. The monoisotopic (exact) mass is 510 g/mol. The molecule has 0 atom stereocenters. The third kappa shape index (κ3) is 7.07. The molecule has 1 aliphatic heterocycles. The molecule has 0 saturated carbocycles. The van der Waals surface area contributed by atoms with Gasteiger partial charge in [0.2, 0.25) is 5.91 Å². The molecule has 1 aliphatic rings. The largest absolute Gasteiger partial charge is 0.416 e. The van der Waals surface area contributed by atoms with Crippen molar-refractivity contribution >= 4 is 23.8 Å². The van der Waals surface area contributed by atoms with Gasteiger partial charge in [-0.3, -0.25) is 9.59 Å². The quantitative estimate of drug-likeness (QED) is 0.391. The first-order valence-electron chi connectivity index (χ1n) is 11.0. The molecule has 3 rings (SSSR count). The molecular weight excluding hydrogens is 486 g/mol. The van der Waals surface area contributed by atoms with Crippen molar-refractivity contribution in [3.05, 3.63) is 81.9 Å². The molecule has 10 heteroatoms. The van der Waals surface area contributed by atoms with Gasteiger partial charge >= 0.3 is 12.4 Å². The summed E-state index contributed by atoms with van der Waals surface area (Å²) in [5.41, 5.74) is -1.41. The van der Waals surface area contributed by atoms with Crippen molar-refractivity contribution in [1.82, 2.24) is 9.80 Å². The molecule has 1 saturated heterocycles. The Morgan fingerprint density at radius 2 is 1.31 bits per heavy atom. The second-order valence-corrected chi connectivity index (χ2v) is 8.72. The summed E-state index contributed by atoms with van der Waals surface area (Å²) in [6.07, 6.45) is -6.46. The number of nitrogens with zero attached hydrogens (tertiary/aromatic N) is 2. The van der Waals surface area contributed by atoms with Crippen molar-refractivity contribution < 1.29 is 35.9 Å². The van der Waals surface area contributed by atoms with Crippen LogP contribution >= 0.6 is 0 Å². The molecule has 2 aromatic rings. The van der Waals surface area contributed by atoms with Crippen LogP contribution in [-0.4, -0.2) is 55.2 Å². The van der Waals surface area contributed by atoms with Crippen LogP contribution in [0.4, 0.5) is 26.3 Å². The average Bonchev–Trinajstić information content (AvgIpc) is 2.79. The molecule has 0 aromatic heterocycles. The van der Waals surface area contributed by atoms with Gasteiger partial charge in [0.25, 0.3) is 0 Å². The van der Waals surface area contributed by atoms with Crippen LogP contribution in [0, 0.1) is 0 Å². The number of ketones is 1. The smallest absolute Gasteiger partial charge is 0.334 e. The number of amides is 1. The van der Waals surface area contributed by atoms with Crippen LogP contribution in [0.2, 0.25) is 0 Å². The molecule has 1 amide bonds. The van der Waals surface area contributed by atoms with Gasteiger partial charge in [-0.1, -0.05) is 24.3 Å². The summed E-state index contributed by atoms with van der Waals surface area (Å²) in [4.78, 5) is 29.2. The number of piperidine rings is 1. The number of rotatable bonds is 5. The van der Waals surface area contributed by atoms with Crippen molar-refractivity contribution in [3.8, 4) is 0 Å². The molecule has 192 valence electrons. The van der Waals surface area contributed by atoms with Crippen molar-refractivity contribution in [2.45, 2.75) is 18.8 Å². The highest BCUT2D eigenvalue weighted by atomic mass is 19.4. The fourth-order valence-corrected chi connectivity index (χ4v) is 3.71. The molecule has 2 aromatic carbocycles. The van der Waals surface area contributed by atoms with E-state index in [1.165, 1.54) is 41.3 Å².